The Hall–Kier alpha value is -0.470. The molecule has 0 aliphatic carbocycles. The van der Waals surface area contributed by atoms with Gasteiger partial charge in [0, 0.05) is 18.1 Å². The van der Waals surface area contributed by atoms with Crippen molar-refractivity contribution in [2.24, 2.45) is 5.11 Å². The fourth-order valence-corrected chi connectivity index (χ4v) is 2.73. The van der Waals surface area contributed by atoms with Gasteiger partial charge in [-0.3, -0.25) is 5.41 Å². The first-order valence-corrected chi connectivity index (χ1v) is 10.1. The van der Waals surface area contributed by atoms with Crippen LogP contribution in [-0.4, -0.2) is 53.5 Å². The van der Waals surface area contributed by atoms with E-state index in [9.17, 15) is 0 Å². The number of ether oxygens (including phenoxy) is 4. The molecule has 1 rings (SSSR count). The number of hydrogen-bond acceptors (Lipinski definition) is 6. The number of alkyl halides is 3. The first-order chi connectivity index (χ1) is 12.8. The summed E-state index contributed by atoms with van der Waals surface area (Å²) < 4.78 is 21.0. The van der Waals surface area contributed by atoms with Crippen LogP contribution in [0.15, 0.2) is 5.11 Å². The number of halogens is 3. The summed E-state index contributed by atoms with van der Waals surface area (Å²) in [5.74, 6) is -0.625. The standard InChI is InChI=1S/C16H27Cl3N4O4/c1-4-6-8-24-12-10(3)26-14(27-15(20)16(17,18)19)11(22-23-21)13(12)25-9-7-5-2/h10-14,20H,4-9H2,1-3H3/t10?,11-,12+,13?,14-/m0/s1. The summed E-state index contributed by atoms with van der Waals surface area (Å²) in [6.45, 7) is 6.90. The zero-order valence-corrected chi connectivity index (χ0v) is 18.0. The fourth-order valence-electron chi connectivity index (χ4n) is 2.60. The van der Waals surface area contributed by atoms with Gasteiger partial charge in [-0.2, -0.15) is 0 Å². The number of unbranched alkanes of at least 4 members (excludes halogenated alkanes) is 2. The summed E-state index contributed by atoms with van der Waals surface area (Å²) in [4.78, 5) is 2.87. The van der Waals surface area contributed by atoms with Crippen LogP contribution in [0.2, 0.25) is 0 Å². The second-order valence-corrected chi connectivity index (χ2v) is 8.51. The van der Waals surface area contributed by atoms with Crippen LogP contribution < -0.4 is 0 Å². The highest BCUT2D eigenvalue weighted by Gasteiger charge is 2.48. The Bertz CT molecular complexity index is 514. The number of nitrogens with one attached hydrogen (secondary N) is 1. The van der Waals surface area contributed by atoms with Crippen LogP contribution in [0.1, 0.15) is 46.5 Å². The van der Waals surface area contributed by atoms with E-state index in [2.05, 4.69) is 16.9 Å². The van der Waals surface area contributed by atoms with Crippen molar-refractivity contribution in [3.05, 3.63) is 10.4 Å². The third-order valence-corrected chi connectivity index (χ3v) is 4.56. The molecule has 0 aromatic heterocycles. The van der Waals surface area contributed by atoms with Gasteiger partial charge in [-0.1, -0.05) is 66.6 Å². The van der Waals surface area contributed by atoms with Gasteiger partial charge in [0.15, 0.2) is 0 Å². The average molecular weight is 446 g/mol. The molecule has 1 N–H and O–H groups in total. The second-order valence-electron chi connectivity index (χ2n) is 6.23. The van der Waals surface area contributed by atoms with Gasteiger partial charge in [0.05, 0.1) is 6.10 Å². The van der Waals surface area contributed by atoms with Gasteiger partial charge in [-0.05, 0) is 25.3 Å². The highest BCUT2D eigenvalue weighted by molar-refractivity contribution is 6.76. The Morgan fingerprint density at radius 1 is 1.15 bits per heavy atom. The molecular formula is C16H27Cl3N4O4. The van der Waals surface area contributed by atoms with Gasteiger partial charge in [0.1, 0.15) is 18.2 Å². The van der Waals surface area contributed by atoms with E-state index in [0.717, 1.165) is 25.7 Å². The average Bonchev–Trinajstić information content (AvgIpc) is 2.59. The predicted molar refractivity (Wildman–Crippen MR) is 106 cm³/mol. The second kappa shape index (κ2) is 12.2. The molecule has 1 saturated heterocycles. The molecule has 1 heterocycles. The van der Waals surface area contributed by atoms with Crippen LogP contribution in [0.4, 0.5) is 0 Å². The molecule has 1 aliphatic rings. The minimum atomic E-state index is -2.06. The quantitative estimate of drug-likeness (QED) is 0.0954. The van der Waals surface area contributed by atoms with Crippen LogP contribution in [0.5, 0.6) is 0 Å². The minimum Gasteiger partial charge on any atom is -0.448 e. The molecule has 11 heteroatoms. The van der Waals surface area contributed by atoms with Gasteiger partial charge >= 0.3 is 0 Å². The largest absolute Gasteiger partial charge is 0.448 e. The number of azide groups is 1. The molecule has 0 bridgehead atoms. The topological polar surface area (TPSA) is 110 Å². The van der Waals surface area contributed by atoms with Crippen LogP contribution in [0, 0.1) is 5.41 Å². The lowest BCUT2D eigenvalue weighted by atomic mass is 9.97. The van der Waals surface area contributed by atoms with E-state index < -0.39 is 40.3 Å². The molecule has 1 fully saturated rings. The number of hydrogen-bond donors (Lipinski definition) is 1. The molecule has 156 valence electrons. The summed E-state index contributed by atoms with van der Waals surface area (Å²) in [7, 11) is 0. The Kier molecular flexibility index (Phi) is 11.1. The maximum atomic E-state index is 9.00. The number of rotatable bonds is 10. The van der Waals surface area contributed by atoms with Crippen molar-refractivity contribution in [1.82, 2.24) is 0 Å². The van der Waals surface area contributed by atoms with Gasteiger partial charge in [0.2, 0.25) is 12.2 Å². The van der Waals surface area contributed by atoms with Crippen LogP contribution in [-0.2, 0) is 18.9 Å². The Labute approximate surface area is 174 Å². The van der Waals surface area contributed by atoms with Crippen molar-refractivity contribution in [3.63, 3.8) is 0 Å². The molecule has 0 amide bonds. The number of nitrogens with zero attached hydrogens (tertiary/aromatic N) is 3. The lowest BCUT2D eigenvalue weighted by Crippen LogP contribution is -2.59. The molecule has 1 aliphatic heterocycles. The summed E-state index contributed by atoms with van der Waals surface area (Å²) in [5.41, 5.74) is 9.00. The molecule has 0 aromatic rings. The Balaban J connectivity index is 3.03. The maximum Gasteiger partial charge on any atom is 0.265 e. The Morgan fingerprint density at radius 2 is 1.70 bits per heavy atom. The summed E-state index contributed by atoms with van der Waals surface area (Å²) in [5, 5.41) is 11.6. The summed E-state index contributed by atoms with van der Waals surface area (Å²) in [6, 6.07) is -0.901. The van der Waals surface area contributed by atoms with Gasteiger partial charge in [-0.15, -0.1) is 0 Å². The van der Waals surface area contributed by atoms with E-state index in [4.69, 9.17) is 64.7 Å². The van der Waals surface area contributed by atoms with Crippen molar-refractivity contribution in [3.8, 4) is 0 Å². The summed E-state index contributed by atoms with van der Waals surface area (Å²) >= 11 is 17.0. The van der Waals surface area contributed by atoms with E-state index >= 15 is 0 Å². The molecule has 8 nitrogen and oxygen atoms in total. The highest BCUT2D eigenvalue weighted by atomic mass is 35.6. The molecule has 27 heavy (non-hydrogen) atoms. The lowest BCUT2D eigenvalue weighted by molar-refractivity contribution is -0.251. The smallest absolute Gasteiger partial charge is 0.265 e. The van der Waals surface area contributed by atoms with E-state index in [0.29, 0.717) is 13.2 Å². The highest BCUT2D eigenvalue weighted by Crippen LogP contribution is 2.33. The van der Waals surface area contributed by atoms with Crippen LogP contribution >= 0.6 is 34.8 Å². The van der Waals surface area contributed by atoms with E-state index in [1.54, 1.807) is 6.92 Å². The maximum absolute atomic E-state index is 9.00. The first-order valence-electron chi connectivity index (χ1n) is 9.01. The Morgan fingerprint density at radius 3 is 2.19 bits per heavy atom. The molecule has 0 radical (unpaired) electrons. The minimum absolute atomic E-state index is 0.438. The first kappa shape index (κ1) is 24.6. The molecule has 0 aromatic carbocycles. The zero-order chi connectivity index (χ0) is 20.4. The monoisotopic (exact) mass is 444 g/mol. The van der Waals surface area contributed by atoms with Crippen LogP contribution in [0.3, 0.4) is 0 Å². The molecular weight excluding hydrogens is 419 g/mol. The normalized spacial score (nSPS) is 28.4. The fraction of sp³-hybridized carbons (Fsp3) is 0.938. The van der Waals surface area contributed by atoms with Crippen molar-refractivity contribution in [2.75, 3.05) is 13.2 Å². The summed E-state index contributed by atoms with van der Waals surface area (Å²) in [6.07, 6.45) is 1.02. The third kappa shape index (κ3) is 7.81. The molecule has 5 atom stereocenters. The van der Waals surface area contributed by atoms with Crippen molar-refractivity contribution in [1.29, 1.82) is 5.41 Å². The van der Waals surface area contributed by atoms with Crippen molar-refractivity contribution in [2.45, 2.75) is 80.9 Å². The van der Waals surface area contributed by atoms with Gasteiger partial charge < -0.3 is 18.9 Å². The molecule has 2 unspecified atom stereocenters. The third-order valence-electron chi connectivity index (χ3n) is 4.04. The van der Waals surface area contributed by atoms with E-state index in [-0.39, 0.29) is 0 Å². The SMILES string of the molecule is CCCCOC1[C@H](OCCCC)C(C)O[C@@H](OC(=N)C(Cl)(Cl)Cl)[C@H]1N=[N+]=[N-]. The van der Waals surface area contributed by atoms with Gasteiger partial charge in [0.25, 0.3) is 3.79 Å². The molecule has 0 saturated carbocycles. The van der Waals surface area contributed by atoms with E-state index in [1.807, 2.05) is 6.92 Å². The van der Waals surface area contributed by atoms with E-state index in [1.165, 1.54) is 0 Å². The molecule has 0 spiro atoms. The zero-order valence-electron chi connectivity index (χ0n) is 15.7. The van der Waals surface area contributed by atoms with Crippen LogP contribution in [0.25, 0.3) is 10.4 Å². The lowest BCUT2D eigenvalue weighted by Gasteiger charge is -2.43. The van der Waals surface area contributed by atoms with Crippen molar-refractivity contribution < 1.29 is 18.9 Å². The van der Waals surface area contributed by atoms with Crippen molar-refractivity contribution >= 4 is 40.7 Å². The predicted octanol–water partition coefficient (Wildman–Crippen LogP) is 5.14. The van der Waals surface area contributed by atoms with Gasteiger partial charge in [-0.25, -0.2) is 0 Å².